The second-order valence-electron chi connectivity index (χ2n) is 6.51. The van der Waals surface area contributed by atoms with Crippen LogP contribution in [0, 0.1) is 11.3 Å². The van der Waals surface area contributed by atoms with Gasteiger partial charge in [-0.2, -0.15) is 5.26 Å². The van der Waals surface area contributed by atoms with Crippen molar-refractivity contribution in [2.45, 2.75) is 64.0 Å². The van der Waals surface area contributed by atoms with Gasteiger partial charge in [0.2, 0.25) is 0 Å². The van der Waals surface area contributed by atoms with Gasteiger partial charge in [-0.05, 0) is 50.2 Å². The molecule has 1 aliphatic carbocycles. The summed E-state index contributed by atoms with van der Waals surface area (Å²) in [5.74, 6) is 1.43. The topological polar surface area (TPSA) is 45.0 Å². The van der Waals surface area contributed by atoms with Crippen LogP contribution >= 0.6 is 0 Å². The first-order valence-corrected chi connectivity index (χ1v) is 7.95. The lowest BCUT2D eigenvalue weighted by Crippen LogP contribution is -2.42. The van der Waals surface area contributed by atoms with E-state index in [-0.39, 0.29) is 0 Å². The van der Waals surface area contributed by atoms with Gasteiger partial charge in [-0.3, -0.25) is 5.32 Å². The third-order valence-electron chi connectivity index (χ3n) is 3.97. The van der Waals surface area contributed by atoms with Crippen molar-refractivity contribution in [1.82, 2.24) is 5.32 Å². The molecule has 1 N–H and O–H groups in total. The van der Waals surface area contributed by atoms with E-state index in [1.54, 1.807) is 0 Å². The summed E-state index contributed by atoms with van der Waals surface area (Å²) in [5.41, 5.74) is 0.832. The van der Waals surface area contributed by atoms with Crippen LogP contribution < -0.4 is 10.1 Å². The molecule has 2 rings (SSSR count). The Morgan fingerprint density at radius 1 is 1.38 bits per heavy atom. The lowest BCUT2D eigenvalue weighted by molar-refractivity contribution is 0.281. The molecule has 0 saturated heterocycles. The molecule has 0 heterocycles. The van der Waals surface area contributed by atoms with Crippen molar-refractivity contribution in [2.75, 3.05) is 6.61 Å². The minimum Gasteiger partial charge on any atom is -0.493 e. The van der Waals surface area contributed by atoms with Crippen LogP contribution in [0.15, 0.2) is 24.3 Å². The number of hydrogen-bond donors (Lipinski definition) is 1. The zero-order chi connectivity index (χ0) is 15.3. The molecule has 3 heteroatoms. The molecule has 0 radical (unpaired) electrons. The number of rotatable bonds is 8. The number of para-hydroxylation sites is 1. The van der Waals surface area contributed by atoms with Crippen molar-refractivity contribution >= 4 is 0 Å². The first kappa shape index (κ1) is 15.9. The Hall–Kier alpha value is -1.53. The van der Waals surface area contributed by atoms with Crippen LogP contribution in [0.4, 0.5) is 0 Å². The van der Waals surface area contributed by atoms with Gasteiger partial charge in [0.15, 0.2) is 0 Å². The lowest BCUT2D eigenvalue weighted by Gasteiger charge is -2.23. The van der Waals surface area contributed by atoms with Crippen LogP contribution in [0.25, 0.3) is 0 Å². The van der Waals surface area contributed by atoms with Crippen molar-refractivity contribution in [3.05, 3.63) is 29.8 Å². The number of hydrogen-bond acceptors (Lipinski definition) is 3. The van der Waals surface area contributed by atoms with Gasteiger partial charge < -0.3 is 4.74 Å². The molecule has 1 aliphatic rings. The van der Waals surface area contributed by atoms with Crippen LogP contribution in [0.1, 0.15) is 57.9 Å². The molecule has 0 amide bonds. The Morgan fingerprint density at radius 2 is 2.10 bits per heavy atom. The minimum atomic E-state index is -0.415. The van der Waals surface area contributed by atoms with Gasteiger partial charge in [-0.15, -0.1) is 0 Å². The molecule has 3 nitrogen and oxygen atoms in total. The van der Waals surface area contributed by atoms with E-state index in [1.165, 1.54) is 18.4 Å². The summed E-state index contributed by atoms with van der Waals surface area (Å²) < 4.78 is 5.92. The summed E-state index contributed by atoms with van der Waals surface area (Å²) in [6.45, 7) is 7.00. The summed E-state index contributed by atoms with van der Waals surface area (Å²) in [6, 6.07) is 11.2. The highest BCUT2D eigenvalue weighted by atomic mass is 16.5. The molecular formula is C18H26N2O. The predicted molar refractivity (Wildman–Crippen MR) is 85.4 cm³/mol. The Morgan fingerprint density at radius 3 is 2.71 bits per heavy atom. The summed E-state index contributed by atoms with van der Waals surface area (Å²) in [4.78, 5) is 0. The average molecular weight is 286 g/mol. The fraction of sp³-hybridized carbons (Fsp3) is 0.611. The van der Waals surface area contributed by atoms with Gasteiger partial charge in [0.25, 0.3) is 0 Å². The molecule has 0 spiro atoms. The third-order valence-corrected chi connectivity index (χ3v) is 3.97. The zero-order valence-corrected chi connectivity index (χ0v) is 13.4. The van der Waals surface area contributed by atoms with Crippen molar-refractivity contribution in [3.8, 4) is 11.8 Å². The maximum atomic E-state index is 9.34. The molecular weight excluding hydrogens is 260 g/mol. The molecule has 0 bridgehead atoms. The number of nitrogens with zero attached hydrogens (tertiary/aromatic N) is 1. The largest absolute Gasteiger partial charge is 0.493 e. The summed E-state index contributed by atoms with van der Waals surface area (Å²) in [7, 11) is 0. The number of ether oxygens (including phenoxy) is 1. The van der Waals surface area contributed by atoms with E-state index in [1.807, 2.05) is 19.1 Å². The summed E-state index contributed by atoms with van der Waals surface area (Å²) in [6.07, 6.45) is 4.12. The van der Waals surface area contributed by atoms with Gasteiger partial charge in [0.05, 0.1) is 12.7 Å². The molecule has 1 aromatic carbocycles. The second kappa shape index (κ2) is 6.95. The Balaban J connectivity index is 1.80. The minimum absolute atomic E-state index is 0.415. The Kier molecular flexibility index (Phi) is 5.25. The maximum Gasteiger partial charge on any atom is 0.122 e. The molecule has 21 heavy (non-hydrogen) atoms. The maximum absolute atomic E-state index is 9.34. The molecule has 1 aromatic rings. The quantitative estimate of drug-likeness (QED) is 0.735. The van der Waals surface area contributed by atoms with Crippen molar-refractivity contribution in [1.29, 1.82) is 5.26 Å². The van der Waals surface area contributed by atoms with Crippen LogP contribution in [-0.2, 0) is 0 Å². The summed E-state index contributed by atoms with van der Waals surface area (Å²) >= 11 is 0. The smallest absolute Gasteiger partial charge is 0.122 e. The normalized spacial score (nSPS) is 17.3. The first-order chi connectivity index (χ1) is 10.0. The van der Waals surface area contributed by atoms with E-state index in [4.69, 9.17) is 4.74 Å². The van der Waals surface area contributed by atoms with E-state index < -0.39 is 5.54 Å². The molecule has 114 valence electrons. The predicted octanol–water partition coefficient (Wildman–Crippen LogP) is 4.00. The van der Waals surface area contributed by atoms with Crippen LogP contribution in [-0.4, -0.2) is 18.2 Å². The van der Waals surface area contributed by atoms with Gasteiger partial charge >= 0.3 is 0 Å². The van der Waals surface area contributed by atoms with Gasteiger partial charge in [0, 0.05) is 6.04 Å². The van der Waals surface area contributed by atoms with Crippen molar-refractivity contribution in [2.24, 2.45) is 0 Å². The van der Waals surface area contributed by atoms with Crippen LogP contribution in [0.3, 0.4) is 0 Å². The van der Waals surface area contributed by atoms with Crippen molar-refractivity contribution < 1.29 is 4.74 Å². The SMILES string of the molecule is CC(C)c1ccccc1OCCCC(C)(C#N)NC1CC1. The van der Waals surface area contributed by atoms with Crippen molar-refractivity contribution in [3.63, 3.8) is 0 Å². The Labute approximate surface area is 128 Å². The number of benzene rings is 1. The fourth-order valence-electron chi connectivity index (χ4n) is 2.54. The standard InChI is InChI=1S/C18H26N2O/c1-14(2)16-7-4-5-8-17(16)21-12-6-11-18(3,13-19)20-15-9-10-15/h4-5,7-8,14-15,20H,6,9-12H2,1-3H3. The first-order valence-electron chi connectivity index (χ1n) is 7.95. The van der Waals surface area contributed by atoms with Gasteiger partial charge in [0.1, 0.15) is 11.3 Å². The zero-order valence-electron chi connectivity index (χ0n) is 13.4. The highest BCUT2D eigenvalue weighted by Gasteiger charge is 2.31. The second-order valence-corrected chi connectivity index (χ2v) is 6.51. The molecule has 0 aromatic heterocycles. The number of nitriles is 1. The van der Waals surface area contributed by atoms with Gasteiger partial charge in [-0.25, -0.2) is 0 Å². The lowest BCUT2D eigenvalue weighted by atomic mass is 9.97. The molecule has 1 unspecified atom stereocenters. The third kappa shape index (κ3) is 4.75. The van der Waals surface area contributed by atoms with Crippen LogP contribution in [0.5, 0.6) is 5.75 Å². The highest BCUT2D eigenvalue weighted by Crippen LogP contribution is 2.27. The fourth-order valence-corrected chi connectivity index (χ4v) is 2.54. The van der Waals surface area contributed by atoms with Gasteiger partial charge in [-0.1, -0.05) is 32.0 Å². The summed E-state index contributed by atoms with van der Waals surface area (Å²) in [5, 5.41) is 12.8. The highest BCUT2D eigenvalue weighted by molar-refractivity contribution is 5.35. The Bertz CT molecular complexity index is 502. The van der Waals surface area contributed by atoms with E-state index in [0.29, 0.717) is 18.6 Å². The molecule has 1 fully saturated rings. The molecule has 1 saturated carbocycles. The molecule has 0 aliphatic heterocycles. The van der Waals surface area contributed by atoms with E-state index in [0.717, 1.165) is 18.6 Å². The van der Waals surface area contributed by atoms with E-state index in [2.05, 4.69) is 37.4 Å². The van der Waals surface area contributed by atoms with E-state index in [9.17, 15) is 5.26 Å². The molecule has 1 atom stereocenters. The van der Waals surface area contributed by atoms with E-state index >= 15 is 0 Å². The number of nitrogens with one attached hydrogen (secondary N) is 1. The average Bonchev–Trinajstić information content (AvgIpc) is 3.27. The van der Waals surface area contributed by atoms with Crippen LogP contribution in [0.2, 0.25) is 0 Å². The monoisotopic (exact) mass is 286 g/mol.